The fraction of sp³-hybridized carbons (Fsp3) is 0.538. The molecule has 17 heavy (non-hydrogen) atoms. The third kappa shape index (κ3) is 3.96. The lowest BCUT2D eigenvalue weighted by molar-refractivity contribution is 0.183. The molecular formula is C13H17BrFNO. The average molecular weight is 302 g/mol. The van der Waals surface area contributed by atoms with Gasteiger partial charge in [-0.25, -0.2) is 4.39 Å². The van der Waals surface area contributed by atoms with E-state index in [4.69, 9.17) is 4.74 Å². The van der Waals surface area contributed by atoms with E-state index in [9.17, 15) is 4.39 Å². The Morgan fingerprint density at radius 1 is 1.24 bits per heavy atom. The summed E-state index contributed by atoms with van der Waals surface area (Å²) in [5.74, 6) is 0.462. The monoisotopic (exact) mass is 301 g/mol. The van der Waals surface area contributed by atoms with Crippen LogP contribution in [-0.4, -0.2) is 31.1 Å². The van der Waals surface area contributed by atoms with Crippen LogP contribution in [0.2, 0.25) is 0 Å². The maximum absolute atomic E-state index is 13.0. The van der Waals surface area contributed by atoms with E-state index in [1.807, 2.05) is 0 Å². The molecule has 0 radical (unpaired) electrons. The van der Waals surface area contributed by atoms with Gasteiger partial charge in [-0.2, -0.15) is 0 Å². The van der Waals surface area contributed by atoms with E-state index in [-0.39, 0.29) is 5.82 Å². The Morgan fingerprint density at radius 2 is 2.00 bits per heavy atom. The van der Waals surface area contributed by atoms with Crippen LogP contribution in [0.3, 0.4) is 0 Å². The number of nitrogens with zero attached hydrogens (tertiary/aromatic N) is 1. The first kappa shape index (κ1) is 12.8. The fourth-order valence-corrected chi connectivity index (χ4v) is 2.40. The van der Waals surface area contributed by atoms with E-state index in [0.717, 1.165) is 12.3 Å². The normalized spacial score (nSPS) is 17.1. The Morgan fingerprint density at radius 3 is 2.71 bits per heavy atom. The highest BCUT2D eigenvalue weighted by molar-refractivity contribution is 9.10. The molecule has 1 aliphatic heterocycles. The van der Waals surface area contributed by atoms with Gasteiger partial charge in [0.1, 0.15) is 18.2 Å². The molecule has 0 unspecified atom stereocenters. The predicted molar refractivity (Wildman–Crippen MR) is 69.9 cm³/mol. The van der Waals surface area contributed by atoms with E-state index in [0.29, 0.717) is 11.1 Å². The van der Waals surface area contributed by atoms with Crippen LogP contribution >= 0.6 is 15.9 Å². The second-order valence-corrected chi connectivity index (χ2v) is 5.18. The molecule has 1 aliphatic rings. The Labute approximate surface area is 110 Å². The number of hydrogen-bond donors (Lipinski definition) is 0. The largest absolute Gasteiger partial charge is 0.492 e. The van der Waals surface area contributed by atoms with Crippen molar-refractivity contribution >= 4 is 15.9 Å². The Balaban J connectivity index is 1.75. The van der Waals surface area contributed by atoms with E-state index in [1.54, 1.807) is 12.1 Å². The topological polar surface area (TPSA) is 12.5 Å². The first-order valence-electron chi connectivity index (χ1n) is 6.06. The lowest BCUT2D eigenvalue weighted by Crippen LogP contribution is -2.33. The Bertz CT molecular complexity index is 366. The van der Waals surface area contributed by atoms with Gasteiger partial charge in [0.2, 0.25) is 0 Å². The number of benzene rings is 1. The summed E-state index contributed by atoms with van der Waals surface area (Å²) in [5, 5.41) is 0. The van der Waals surface area contributed by atoms with Gasteiger partial charge in [0.25, 0.3) is 0 Å². The summed E-state index contributed by atoms with van der Waals surface area (Å²) < 4.78 is 19.1. The Hall–Kier alpha value is -0.610. The standard InChI is InChI=1S/C13H17BrFNO/c14-12-10-11(4-5-13(12)15)17-9-8-16-6-2-1-3-7-16/h4-5,10H,1-3,6-9H2. The Kier molecular flexibility index (Phi) is 4.80. The van der Waals surface area contributed by atoms with Gasteiger partial charge in [0, 0.05) is 6.54 Å². The van der Waals surface area contributed by atoms with Crippen LogP contribution < -0.4 is 4.74 Å². The van der Waals surface area contributed by atoms with Crippen molar-refractivity contribution in [2.45, 2.75) is 19.3 Å². The lowest BCUT2D eigenvalue weighted by atomic mass is 10.1. The van der Waals surface area contributed by atoms with Crippen molar-refractivity contribution in [1.82, 2.24) is 4.90 Å². The fourth-order valence-electron chi connectivity index (χ4n) is 2.04. The summed E-state index contributed by atoms with van der Waals surface area (Å²) in [6.45, 7) is 3.97. The summed E-state index contributed by atoms with van der Waals surface area (Å²) in [7, 11) is 0. The first-order chi connectivity index (χ1) is 8.25. The van der Waals surface area contributed by atoms with Crippen molar-refractivity contribution in [2.24, 2.45) is 0 Å². The number of ether oxygens (including phenoxy) is 1. The first-order valence-corrected chi connectivity index (χ1v) is 6.85. The van der Waals surface area contributed by atoms with E-state index in [2.05, 4.69) is 20.8 Å². The molecule has 0 N–H and O–H groups in total. The van der Waals surface area contributed by atoms with E-state index in [1.165, 1.54) is 38.4 Å². The van der Waals surface area contributed by atoms with Crippen molar-refractivity contribution in [2.75, 3.05) is 26.2 Å². The second kappa shape index (κ2) is 6.36. The SMILES string of the molecule is Fc1ccc(OCCN2CCCCC2)cc1Br. The van der Waals surface area contributed by atoms with Gasteiger partial charge in [0.05, 0.1) is 4.47 Å². The molecule has 0 spiro atoms. The molecule has 94 valence electrons. The molecule has 0 aromatic heterocycles. The van der Waals surface area contributed by atoms with Gasteiger partial charge in [-0.1, -0.05) is 6.42 Å². The summed E-state index contributed by atoms with van der Waals surface area (Å²) in [6, 6.07) is 4.75. The highest BCUT2D eigenvalue weighted by Gasteiger charge is 2.09. The van der Waals surface area contributed by atoms with E-state index < -0.39 is 0 Å². The second-order valence-electron chi connectivity index (χ2n) is 4.33. The van der Waals surface area contributed by atoms with Crippen molar-refractivity contribution < 1.29 is 9.13 Å². The van der Waals surface area contributed by atoms with Crippen molar-refractivity contribution in [1.29, 1.82) is 0 Å². The van der Waals surface area contributed by atoms with Crippen LogP contribution in [0.25, 0.3) is 0 Å². The minimum Gasteiger partial charge on any atom is -0.492 e. The summed E-state index contributed by atoms with van der Waals surface area (Å²) in [6.07, 6.45) is 3.94. The molecule has 2 nitrogen and oxygen atoms in total. The molecule has 1 aromatic rings. The molecule has 4 heteroatoms. The number of halogens is 2. The van der Waals surface area contributed by atoms with Crippen LogP contribution in [0.4, 0.5) is 4.39 Å². The maximum Gasteiger partial charge on any atom is 0.137 e. The number of piperidine rings is 1. The maximum atomic E-state index is 13.0. The number of likely N-dealkylation sites (tertiary alicyclic amines) is 1. The molecule has 1 aromatic carbocycles. The van der Waals surface area contributed by atoms with Crippen LogP contribution in [0.5, 0.6) is 5.75 Å². The molecule has 0 aliphatic carbocycles. The molecule has 0 saturated carbocycles. The zero-order chi connectivity index (χ0) is 12.1. The van der Waals surface area contributed by atoms with Gasteiger partial charge >= 0.3 is 0 Å². The highest BCUT2D eigenvalue weighted by Crippen LogP contribution is 2.21. The van der Waals surface area contributed by atoms with Crippen LogP contribution in [-0.2, 0) is 0 Å². The van der Waals surface area contributed by atoms with Crippen LogP contribution in [0.15, 0.2) is 22.7 Å². The molecule has 2 rings (SSSR count). The molecule has 1 fully saturated rings. The quantitative estimate of drug-likeness (QED) is 0.844. The molecule has 0 atom stereocenters. The minimum absolute atomic E-state index is 0.256. The number of rotatable bonds is 4. The average Bonchev–Trinajstić information content (AvgIpc) is 2.35. The van der Waals surface area contributed by atoms with Gasteiger partial charge < -0.3 is 4.74 Å². The van der Waals surface area contributed by atoms with Crippen molar-refractivity contribution in [3.63, 3.8) is 0 Å². The van der Waals surface area contributed by atoms with Gasteiger partial charge in [-0.05, 0) is 60.1 Å². The summed E-state index contributed by atoms with van der Waals surface area (Å²) in [5.41, 5.74) is 0. The molecular weight excluding hydrogens is 285 g/mol. The van der Waals surface area contributed by atoms with Crippen molar-refractivity contribution in [3.8, 4) is 5.75 Å². The van der Waals surface area contributed by atoms with Crippen LogP contribution in [0.1, 0.15) is 19.3 Å². The summed E-state index contributed by atoms with van der Waals surface area (Å²) in [4.78, 5) is 2.42. The smallest absolute Gasteiger partial charge is 0.137 e. The molecule has 0 bridgehead atoms. The van der Waals surface area contributed by atoms with Crippen LogP contribution in [0, 0.1) is 5.82 Å². The van der Waals surface area contributed by atoms with E-state index >= 15 is 0 Å². The van der Waals surface area contributed by atoms with Gasteiger partial charge in [-0.3, -0.25) is 4.90 Å². The zero-order valence-corrected chi connectivity index (χ0v) is 11.4. The molecule has 0 amide bonds. The number of hydrogen-bond acceptors (Lipinski definition) is 2. The third-order valence-corrected chi connectivity index (χ3v) is 3.62. The minimum atomic E-state index is -0.256. The lowest BCUT2D eigenvalue weighted by Gasteiger charge is -2.26. The summed E-state index contributed by atoms with van der Waals surface area (Å²) >= 11 is 3.15. The van der Waals surface area contributed by atoms with Crippen molar-refractivity contribution in [3.05, 3.63) is 28.5 Å². The zero-order valence-electron chi connectivity index (χ0n) is 9.79. The van der Waals surface area contributed by atoms with Gasteiger partial charge in [-0.15, -0.1) is 0 Å². The predicted octanol–water partition coefficient (Wildman–Crippen LogP) is 3.45. The third-order valence-electron chi connectivity index (χ3n) is 3.02. The highest BCUT2D eigenvalue weighted by atomic mass is 79.9. The van der Waals surface area contributed by atoms with Gasteiger partial charge in [0.15, 0.2) is 0 Å². The molecule has 1 saturated heterocycles. The molecule has 1 heterocycles.